The zero-order chi connectivity index (χ0) is 19.1. The smallest absolute Gasteiger partial charge is 0.246 e. The van der Waals surface area contributed by atoms with Crippen LogP contribution in [-0.4, -0.2) is 54.5 Å². The molecule has 1 heterocycles. The van der Waals surface area contributed by atoms with E-state index in [1.165, 1.54) is 5.56 Å². The van der Waals surface area contributed by atoms with Crippen LogP contribution in [0, 0.1) is 0 Å². The molecule has 2 aliphatic rings. The van der Waals surface area contributed by atoms with E-state index < -0.39 is 0 Å². The van der Waals surface area contributed by atoms with E-state index in [0.717, 1.165) is 56.3 Å². The topological polar surface area (TPSA) is 35.6 Å². The lowest BCUT2D eigenvalue weighted by atomic mass is 10.1. The third kappa shape index (κ3) is 5.80. The molecule has 1 saturated heterocycles. The van der Waals surface area contributed by atoms with Crippen molar-refractivity contribution in [3.05, 3.63) is 64.7 Å². The fraction of sp³-hybridized carbons (Fsp3) is 0.409. The summed E-state index contributed by atoms with van der Waals surface area (Å²) in [5, 5.41) is 4.13. The van der Waals surface area contributed by atoms with Gasteiger partial charge in [-0.05, 0) is 36.2 Å². The largest absolute Gasteiger partial charge is 0.337 e. The van der Waals surface area contributed by atoms with Crippen LogP contribution < -0.4 is 5.32 Å². The number of amides is 1. The summed E-state index contributed by atoms with van der Waals surface area (Å²) >= 11 is 5.99. The van der Waals surface area contributed by atoms with Crippen LogP contribution in [0.15, 0.2) is 53.6 Å². The van der Waals surface area contributed by atoms with Gasteiger partial charge >= 0.3 is 0 Å². The number of hydrogen-bond acceptors (Lipinski definition) is 3. The Morgan fingerprint density at radius 2 is 1.96 bits per heavy atom. The predicted molar refractivity (Wildman–Crippen MR) is 112 cm³/mol. The Hall–Kier alpha value is -1.88. The van der Waals surface area contributed by atoms with E-state index in [4.69, 9.17) is 11.6 Å². The highest BCUT2D eigenvalue weighted by Crippen LogP contribution is 2.19. The maximum absolute atomic E-state index is 12.5. The molecule has 1 fully saturated rings. The van der Waals surface area contributed by atoms with Gasteiger partial charge in [0.1, 0.15) is 0 Å². The molecule has 0 saturated carbocycles. The van der Waals surface area contributed by atoms with Crippen molar-refractivity contribution in [3.63, 3.8) is 0 Å². The quantitative estimate of drug-likeness (QED) is 0.762. The Morgan fingerprint density at radius 1 is 1.22 bits per heavy atom. The second-order valence-electron chi connectivity index (χ2n) is 6.97. The lowest BCUT2D eigenvalue weighted by Gasteiger charge is -2.38. The number of allylic oxidation sites excluding steroid dienone is 2. The van der Waals surface area contributed by atoms with Gasteiger partial charge in [0, 0.05) is 49.9 Å². The van der Waals surface area contributed by atoms with Gasteiger partial charge in [0.15, 0.2) is 0 Å². The summed E-state index contributed by atoms with van der Waals surface area (Å²) < 4.78 is 0. The molecule has 1 unspecified atom stereocenters. The van der Waals surface area contributed by atoms with Crippen molar-refractivity contribution in [1.82, 2.24) is 15.1 Å². The summed E-state index contributed by atoms with van der Waals surface area (Å²) in [6, 6.07) is 8.72. The number of nitrogens with one attached hydrogen (secondary N) is 1. The number of benzene rings is 1. The van der Waals surface area contributed by atoms with Crippen molar-refractivity contribution in [2.45, 2.75) is 25.9 Å². The van der Waals surface area contributed by atoms with Crippen LogP contribution in [0.25, 0.3) is 6.08 Å². The van der Waals surface area contributed by atoms with Gasteiger partial charge in [-0.3, -0.25) is 9.69 Å². The molecule has 1 N–H and O–H groups in total. The molecule has 1 atom stereocenters. The van der Waals surface area contributed by atoms with Crippen LogP contribution in [0.2, 0.25) is 0 Å². The summed E-state index contributed by atoms with van der Waals surface area (Å²) in [6.45, 7) is 7.28. The monoisotopic (exact) mass is 385 g/mol. The minimum Gasteiger partial charge on any atom is -0.337 e. The van der Waals surface area contributed by atoms with Gasteiger partial charge in [-0.15, -0.1) is 0 Å². The molecule has 0 aromatic heterocycles. The minimum atomic E-state index is 0.0912. The Labute approximate surface area is 167 Å². The second-order valence-corrected chi connectivity index (χ2v) is 7.40. The number of carbonyl (C=O) groups excluding carboxylic acids is 1. The highest BCUT2D eigenvalue weighted by molar-refractivity contribution is 6.31. The molecule has 0 radical (unpaired) electrons. The van der Waals surface area contributed by atoms with Crippen molar-refractivity contribution in [2.24, 2.45) is 0 Å². The SMILES string of the molecule is CCNCc1ccc(/C=C/C(=O)N2CCN(C3C=CC(Cl)=CC3)CC2)cc1. The fourth-order valence-corrected chi connectivity index (χ4v) is 3.58. The molecule has 5 heteroatoms. The normalized spacial score (nSPS) is 20.9. The highest BCUT2D eigenvalue weighted by atomic mass is 35.5. The van der Waals surface area contributed by atoms with E-state index in [1.54, 1.807) is 6.08 Å². The van der Waals surface area contributed by atoms with Crippen LogP contribution in [0.1, 0.15) is 24.5 Å². The number of nitrogens with zero attached hydrogens (tertiary/aromatic N) is 2. The van der Waals surface area contributed by atoms with E-state index in [0.29, 0.717) is 6.04 Å². The van der Waals surface area contributed by atoms with Crippen molar-refractivity contribution >= 4 is 23.6 Å². The third-order valence-corrected chi connectivity index (χ3v) is 5.38. The van der Waals surface area contributed by atoms with E-state index in [1.807, 2.05) is 17.1 Å². The van der Waals surface area contributed by atoms with Crippen molar-refractivity contribution in [3.8, 4) is 0 Å². The average molecular weight is 386 g/mol. The molecule has 1 aliphatic heterocycles. The molecule has 1 aromatic carbocycles. The highest BCUT2D eigenvalue weighted by Gasteiger charge is 2.24. The first-order valence-electron chi connectivity index (χ1n) is 9.70. The first kappa shape index (κ1) is 19.9. The van der Waals surface area contributed by atoms with E-state index in [2.05, 4.69) is 53.6 Å². The average Bonchev–Trinajstić information content (AvgIpc) is 2.72. The fourth-order valence-electron chi connectivity index (χ4n) is 3.42. The lowest BCUT2D eigenvalue weighted by Crippen LogP contribution is -2.51. The maximum Gasteiger partial charge on any atom is 0.246 e. The summed E-state index contributed by atoms with van der Waals surface area (Å²) in [6.07, 6.45) is 10.8. The number of carbonyl (C=O) groups is 1. The predicted octanol–water partition coefficient (Wildman–Crippen LogP) is 3.40. The molecule has 1 aliphatic carbocycles. The molecular weight excluding hydrogens is 358 g/mol. The van der Waals surface area contributed by atoms with Crippen LogP contribution in [0.5, 0.6) is 0 Å². The van der Waals surface area contributed by atoms with Gasteiger partial charge < -0.3 is 10.2 Å². The van der Waals surface area contributed by atoms with Crippen LogP contribution in [0.3, 0.4) is 0 Å². The molecule has 3 rings (SSSR count). The summed E-state index contributed by atoms with van der Waals surface area (Å²) in [5.74, 6) is 0.0912. The first-order valence-corrected chi connectivity index (χ1v) is 10.1. The number of piperazine rings is 1. The Morgan fingerprint density at radius 3 is 2.59 bits per heavy atom. The van der Waals surface area contributed by atoms with Gasteiger partial charge in [0.2, 0.25) is 5.91 Å². The molecular formula is C22H28ClN3O. The van der Waals surface area contributed by atoms with Crippen LogP contribution >= 0.6 is 11.6 Å². The van der Waals surface area contributed by atoms with Crippen LogP contribution in [0.4, 0.5) is 0 Å². The van der Waals surface area contributed by atoms with Gasteiger partial charge in [0.25, 0.3) is 0 Å². The Balaban J connectivity index is 1.46. The first-order chi connectivity index (χ1) is 13.2. The van der Waals surface area contributed by atoms with E-state index in [9.17, 15) is 4.79 Å². The number of rotatable bonds is 6. The third-order valence-electron chi connectivity index (χ3n) is 5.10. The molecule has 0 bridgehead atoms. The molecule has 1 amide bonds. The van der Waals surface area contributed by atoms with Crippen LogP contribution in [-0.2, 0) is 11.3 Å². The number of hydrogen-bond donors (Lipinski definition) is 1. The summed E-state index contributed by atoms with van der Waals surface area (Å²) in [5.41, 5.74) is 2.31. The standard InChI is InChI=1S/C22H28ClN3O/c1-2-24-17-19-5-3-18(4-6-19)7-12-22(27)26-15-13-25(14-16-26)21-10-8-20(23)9-11-21/h3-10,12,21,24H,2,11,13-17H2,1H3/b12-7+. The van der Waals surface area contributed by atoms with Gasteiger partial charge in [-0.1, -0.05) is 54.9 Å². The zero-order valence-electron chi connectivity index (χ0n) is 15.9. The second kappa shape index (κ2) is 9.88. The molecule has 144 valence electrons. The zero-order valence-corrected chi connectivity index (χ0v) is 16.7. The molecule has 4 nitrogen and oxygen atoms in total. The lowest BCUT2D eigenvalue weighted by molar-refractivity contribution is -0.127. The Kier molecular flexibility index (Phi) is 7.27. The van der Waals surface area contributed by atoms with Crippen molar-refractivity contribution in [2.75, 3.05) is 32.7 Å². The Bertz CT molecular complexity index is 716. The van der Waals surface area contributed by atoms with E-state index in [-0.39, 0.29) is 5.91 Å². The summed E-state index contributed by atoms with van der Waals surface area (Å²) in [7, 11) is 0. The minimum absolute atomic E-state index is 0.0912. The number of halogens is 1. The summed E-state index contributed by atoms with van der Waals surface area (Å²) in [4.78, 5) is 16.8. The van der Waals surface area contributed by atoms with Crippen molar-refractivity contribution < 1.29 is 4.79 Å². The van der Waals surface area contributed by atoms with E-state index >= 15 is 0 Å². The molecule has 0 spiro atoms. The van der Waals surface area contributed by atoms with Crippen molar-refractivity contribution in [1.29, 1.82) is 0 Å². The molecule has 27 heavy (non-hydrogen) atoms. The maximum atomic E-state index is 12.5. The van der Waals surface area contributed by atoms with Gasteiger partial charge in [-0.2, -0.15) is 0 Å². The van der Waals surface area contributed by atoms with Gasteiger partial charge in [-0.25, -0.2) is 0 Å². The van der Waals surface area contributed by atoms with Gasteiger partial charge in [0.05, 0.1) is 0 Å². The molecule has 1 aromatic rings.